The lowest BCUT2D eigenvalue weighted by atomic mass is 10.1. The summed E-state index contributed by atoms with van der Waals surface area (Å²) in [5.41, 5.74) is 9.79. The summed E-state index contributed by atoms with van der Waals surface area (Å²) in [6.45, 7) is 2.00. The van der Waals surface area contributed by atoms with Crippen LogP contribution >= 0.6 is 11.6 Å². The number of urea groups is 1. The molecule has 210 valence electrons. The smallest absolute Gasteiger partial charge is 0.329 e. The summed E-state index contributed by atoms with van der Waals surface area (Å²) in [4.78, 5) is 40.5. The van der Waals surface area contributed by atoms with Crippen molar-refractivity contribution in [3.05, 3.63) is 76.2 Å². The number of benzene rings is 2. The van der Waals surface area contributed by atoms with E-state index in [0.29, 0.717) is 49.6 Å². The largest absolute Gasteiger partial charge is 0.433 e. The zero-order valence-electron chi connectivity index (χ0n) is 21.7. The van der Waals surface area contributed by atoms with Crippen molar-refractivity contribution in [3.63, 3.8) is 0 Å². The van der Waals surface area contributed by atoms with Crippen LogP contribution in [0.2, 0.25) is 5.02 Å². The van der Waals surface area contributed by atoms with Crippen molar-refractivity contribution in [1.29, 1.82) is 0 Å². The third-order valence-corrected chi connectivity index (χ3v) is 7.23. The van der Waals surface area contributed by atoms with Gasteiger partial charge in [-0.25, -0.2) is 18.6 Å². The molecule has 3 amide bonds. The topological polar surface area (TPSA) is 132 Å². The number of hydrogen-bond donors (Lipinski definition) is 2. The Morgan fingerprint density at radius 1 is 1.10 bits per heavy atom. The van der Waals surface area contributed by atoms with Gasteiger partial charge >= 0.3 is 6.03 Å². The van der Waals surface area contributed by atoms with Crippen molar-refractivity contribution in [3.8, 4) is 23.0 Å². The van der Waals surface area contributed by atoms with Gasteiger partial charge in [0.2, 0.25) is 11.8 Å². The van der Waals surface area contributed by atoms with E-state index in [0.717, 1.165) is 22.8 Å². The number of nitrogens with one attached hydrogen (secondary N) is 1. The lowest BCUT2D eigenvalue weighted by Crippen LogP contribution is -2.50. The molecule has 6 rings (SSSR count). The molecule has 2 aliphatic heterocycles. The molecule has 2 aromatic carbocycles. The van der Waals surface area contributed by atoms with Gasteiger partial charge in [0.1, 0.15) is 17.5 Å². The van der Waals surface area contributed by atoms with Gasteiger partial charge in [0.05, 0.1) is 23.1 Å². The highest BCUT2D eigenvalue weighted by molar-refractivity contribution is 6.32. The normalized spacial score (nSPS) is 15.3. The molecule has 1 fully saturated rings. The van der Waals surface area contributed by atoms with Gasteiger partial charge in [-0.3, -0.25) is 24.9 Å². The quantitative estimate of drug-likeness (QED) is 0.348. The number of halogens is 3. The molecule has 4 aromatic rings. The average molecular weight is 581 g/mol. The van der Waals surface area contributed by atoms with Gasteiger partial charge in [-0.1, -0.05) is 23.7 Å². The standard InChI is InChI=1S/C27H23ClF2N8O3/c1-36-23(38-5-4-21(39)34-27(38)40)10-33-26(36)14-2-3-15-11-37(12-16(15)6-14)13-20-25(31)35-22(9-32-20)41-24-18(28)7-17(29)8-19(24)30/h2-3,6-10H,4-5,11-13H2,1H3,(H2,31,35)(H,34,39,40). The SMILES string of the molecule is Cn1c(N2CCC(=O)NC2=O)cnc1-c1ccc2c(c1)CN(Cc1ncc(Oc3c(F)cc(F)cc3Cl)nc1N)C2. The maximum Gasteiger partial charge on any atom is 0.329 e. The summed E-state index contributed by atoms with van der Waals surface area (Å²) in [7, 11) is 1.83. The van der Waals surface area contributed by atoms with Crippen molar-refractivity contribution in [2.45, 2.75) is 26.1 Å². The molecule has 2 aliphatic rings. The third kappa shape index (κ3) is 5.16. The second kappa shape index (κ2) is 10.4. The molecule has 11 nitrogen and oxygen atoms in total. The summed E-state index contributed by atoms with van der Waals surface area (Å²) in [6.07, 6.45) is 3.16. The molecule has 4 heterocycles. The number of nitrogens with zero attached hydrogens (tertiary/aromatic N) is 6. The number of fused-ring (bicyclic) bond motifs is 1. The van der Waals surface area contributed by atoms with Crippen LogP contribution in [0.25, 0.3) is 11.4 Å². The molecule has 3 N–H and O–H groups in total. The molecule has 0 radical (unpaired) electrons. The monoisotopic (exact) mass is 580 g/mol. The van der Waals surface area contributed by atoms with E-state index in [4.69, 9.17) is 22.1 Å². The van der Waals surface area contributed by atoms with Crippen LogP contribution in [-0.4, -0.2) is 42.9 Å². The molecule has 0 aliphatic carbocycles. The predicted molar refractivity (Wildman–Crippen MR) is 145 cm³/mol. The van der Waals surface area contributed by atoms with Crippen molar-refractivity contribution in [2.75, 3.05) is 17.2 Å². The average Bonchev–Trinajstić information content (AvgIpc) is 3.50. The third-order valence-electron chi connectivity index (χ3n) is 6.95. The lowest BCUT2D eigenvalue weighted by molar-refractivity contribution is -0.120. The number of aromatic nitrogens is 4. The summed E-state index contributed by atoms with van der Waals surface area (Å²) >= 11 is 5.89. The number of imide groups is 1. The molecular weight excluding hydrogens is 558 g/mol. The molecule has 0 saturated carbocycles. The number of imidazole rings is 1. The minimum absolute atomic E-state index is 0.0731. The van der Waals surface area contributed by atoms with Gasteiger partial charge in [-0.15, -0.1) is 0 Å². The highest BCUT2D eigenvalue weighted by Crippen LogP contribution is 2.34. The number of anilines is 2. The molecule has 0 bridgehead atoms. The Bertz CT molecular complexity index is 1690. The Hall–Kier alpha value is -4.62. The Balaban J connectivity index is 1.14. The maximum atomic E-state index is 14.1. The first-order valence-corrected chi connectivity index (χ1v) is 13.0. The van der Waals surface area contributed by atoms with E-state index < -0.39 is 17.7 Å². The van der Waals surface area contributed by atoms with E-state index in [1.807, 2.05) is 23.7 Å². The van der Waals surface area contributed by atoms with Crippen molar-refractivity contribution < 1.29 is 23.1 Å². The molecule has 14 heteroatoms. The van der Waals surface area contributed by atoms with Crippen LogP contribution in [-0.2, 0) is 31.5 Å². The molecule has 0 spiro atoms. The Labute approximate surface area is 237 Å². The van der Waals surface area contributed by atoms with E-state index >= 15 is 0 Å². The minimum atomic E-state index is -0.969. The van der Waals surface area contributed by atoms with Crippen LogP contribution in [0.4, 0.5) is 25.2 Å². The first-order chi connectivity index (χ1) is 19.7. The van der Waals surface area contributed by atoms with Crippen LogP contribution in [0.3, 0.4) is 0 Å². The zero-order valence-corrected chi connectivity index (χ0v) is 22.5. The van der Waals surface area contributed by atoms with E-state index in [1.54, 1.807) is 6.20 Å². The van der Waals surface area contributed by atoms with Gasteiger partial charge in [0, 0.05) is 51.3 Å². The van der Waals surface area contributed by atoms with Gasteiger partial charge < -0.3 is 15.0 Å². The minimum Gasteiger partial charge on any atom is -0.433 e. The fourth-order valence-corrected chi connectivity index (χ4v) is 5.18. The molecular formula is C27H23ClF2N8O3. The van der Waals surface area contributed by atoms with E-state index in [1.165, 1.54) is 11.1 Å². The van der Waals surface area contributed by atoms with Crippen LogP contribution < -0.4 is 20.7 Å². The lowest BCUT2D eigenvalue weighted by Gasteiger charge is -2.26. The Kier molecular flexibility index (Phi) is 6.75. The summed E-state index contributed by atoms with van der Waals surface area (Å²) < 4.78 is 34.6. The van der Waals surface area contributed by atoms with E-state index in [-0.39, 0.29) is 34.8 Å². The van der Waals surface area contributed by atoms with E-state index in [9.17, 15) is 18.4 Å². The number of hydrogen-bond acceptors (Lipinski definition) is 8. The highest BCUT2D eigenvalue weighted by Gasteiger charge is 2.28. The molecule has 41 heavy (non-hydrogen) atoms. The van der Waals surface area contributed by atoms with Crippen molar-refractivity contribution in [2.24, 2.45) is 7.05 Å². The van der Waals surface area contributed by atoms with Crippen LogP contribution in [0.15, 0.2) is 42.7 Å². The highest BCUT2D eigenvalue weighted by atomic mass is 35.5. The van der Waals surface area contributed by atoms with Gasteiger partial charge in [0.15, 0.2) is 17.4 Å². The number of ether oxygens (including phenoxy) is 1. The number of nitrogens with two attached hydrogens (primary N) is 1. The second-order valence-electron chi connectivity index (χ2n) is 9.72. The predicted octanol–water partition coefficient (Wildman–Crippen LogP) is 4.15. The number of rotatable bonds is 6. The van der Waals surface area contributed by atoms with E-state index in [2.05, 4.69) is 31.2 Å². The van der Waals surface area contributed by atoms with Crippen molar-refractivity contribution >= 4 is 35.2 Å². The van der Waals surface area contributed by atoms with Crippen molar-refractivity contribution in [1.82, 2.24) is 29.7 Å². The second-order valence-corrected chi connectivity index (χ2v) is 10.1. The van der Waals surface area contributed by atoms with Gasteiger partial charge in [0.25, 0.3) is 0 Å². The molecule has 0 unspecified atom stereocenters. The zero-order chi connectivity index (χ0) is 28.8. The number of carbonyl (C=O) groups is 2. The fourth-order valence-electron chi connectivity index (χ4n) is 4.94. The van der Waals surface area contributed by atoms with Gasteiger partial charge in [-0.05, 0) is 23.3 Å². The maximum absolute atomic E-state index is 14.1. The van der Waals surface area contributed by atoms with Crippen LogP contribution in [0, 0.1) is 11.6 Å². The summed E-state index contributed by atoms with van der Waals surface area (Å²) in [5, 5.41) is 2.09. The number of carbonyl (C=O) groups excluding carboxylic acids is 2. The number of amides is 3. The fraction of sp³-hybridized carbons (Fsp3) is 0.222. The first kappa shape index (κ1) is 26.6. The Morgan fingerprint density at radius 3 is 2.66 bits per heavy atom. The summed E-state index contributed by atoms with van der Waals surface area (Å²) in [6, 6.07) is 7.21. The van der Waals surface area contributed by atoms with Crippen LogP contribution in [0.1, 0.15) is 23.2 Å². The molecule has 0 atom stereocenters. The van der Waals surface area contributed by atoms with Gasteiger partial charge in [-0.2, -0.15) is 4.98 Å². The van der Waals surface area contributed by atoms with Crippen LogP contribution in [0.5, 0.6) is 11.6 Å². The molecule has 2 aromatic heterocycles. The Morgan fingerprint density at radius 2 is 1.90 bits per heavy atom. The molecule has 1 saturated heterocycles. The number of nitrogen functional groups attached to an aromatic ring is 1. The first-order valence-electron chi connectivity index (χ1n) is 12.6. The summed E-state index contributed by atoms with van der Waals surface area (Å²) in [5.74, 6) is -1.13.